The molecule has 1 unspecified atom stereocenters. The molecule has 5 rings (SSSR count). The molecule has 178 valence electrons. The van der Waals surface area contributed by atoms with Crippen LogP contribution in [0.2, 0.25) is 0 Å². The molecular weight excluding hydrogens is 426 g/mol. The van der Waals surface area contributed by atoms with E-state index in [0.717, 1.165) is 79.4 Å². The third-order valence-electron chi connectivity index (χ3n) is 7.33. The van der Waals surface area contributed by atoms with Gasteiger partial charge in [0.25, 0.3) is 5.91 Å². The number of hydrogen-bond acceptors (Lipinski definition) is 5. The minimum Gasteiger partial charge on any atom is -0.399 e. The van der Waals surface area contributed by atoms with Crippen LogP contribution >= 0.6 is 0 Å². The molecule has 1 aromatic heterocycles. The standard InChI is InChI=1S/C27H33N5O2/c1-3-18-14-17(2)23(15-24(18)26-29-25(30-31-26)21-10-13-34-16-21)27(33)32-11-8-20(9-12-32)19-4-6-22(28)7-5-19/h4-7,14-15,20-21H,3,8-13,16,28H2,1-2H3,(H,29,30,31). The number of nitrogens with one attached hydrogen (secondary N) is 1. The monoisotopic (exact) mass is 459 g/mol. The van der Waals surface area contributed by atoms with Gasteiger partial charge in [-0.3, -0.25) is 4.79 Å². The van der Waals surface area contributed by atoms with E-state index in [2.05, 4.69) is 40.3 Å². The number of aromatic nitrogens is 3. The third-order valence-corrected chi connectivity index (χ3v) is 7.33. The number of anilines is 1. The number of likely N-dealkylation sites (tertiary alicyclic amines) is 1. The number of nitrogens with two attached hydrogens (primary N) is 1. The number of rotatable bonds is 5. The summed E-state index contributed by atoms with van der Waals surface area (Å²) in [5, 5.41) is 8.83. The summed E-state index contributed by atoms with van der Waals surface area (Å²) < 4.78 is 5.50. The summed E-state index contributed by atoms with van der Waals surface area (Å²) in [6.07, 6.45) is 3.74. The van der Waals surface area contributed by atoms with Crippen molar-refractivity contribution in [3.8, 4) is 11.4 Å². The van der Waals surface area contributed by atoms with Crippen LogP contribution in [0.5, 0.6) is 0 Å². The maximum Gasteiger partial charge on any atom is 0.254 e. The average Bonchev–Trinajstić information content (AvgIpc) is 3.56. The van der Waals surface area contributed by atoms with Gasteiger partial charge in [0.2, 0.25) is 0 Å². The molecule has 0 spiro atoms. The fraction of sp³-hybridized carbons (Fsp3) is 0.444. The molecule has 0 aliphatic carbocycles. The van der Waals surface area contributed by atoms with Crippen LogP contribution in [0.4, 0.5) is 5.69 Å². The van der Waals surface area contributed by atoms with Crippen LogP contribution in [-0.2, 0) is 11.2 Å². The minimum atomic E-state index is 0.0982. The normalized spacial score (nSPS) is 19.0. The van der Waals surface area contributed by atoms with Gasteiger partial charge in [-0.05, 0) is 73.4 Å². The lowest BCUT2D eigenvalue weighted by atomic mass is 9.88. The summed E-state index contributed by atoms with van der Waals surface area (Å²) in [6, 6.07) is 12.3. The Morgan fingerprint density at radius 2 is 1.88 bits per heavy atom. The summed E-state index contributed by atoms with van der Waals surface area (Å²) in [4.78, 5) is 18.9. The molecular formula is C27H33N5O2. The number of piperidine rings is 1. The number of nitrogen functional groups attached to an aromatic ring is 1. The van der Waals surface area contributed by atoms with Gasteiger partial charge in [-0.1, -0.05) is 25.1 Å². The predicted molar refractivity (Wildman–Crippen MR) is 133 cm³/mol. The van der Waals surface area contributed by atoms with Crippen molar-refractivity contribution in [1.82, 2.24) is 20.1 Å². The van der Waals surface area contributed by atoms with Gasteiger partial charge >= 0.3 is 0 Å². The molecule has 2 aromatic carbocycles. The van der Waals surface area contributed by atoms with Gasteiger partial charge in [-0.25, -0.2) is 0 Å². The van der Waals surface area contributed by atoms with Crippen molar-refractivity contribution in [1.29, 1.82) is 0 Å². The van der Waals surface area contributed by atoms with Crippen LogP contribution in [-0.4, -0.2) is 52.3 Å². The van der Waals surface area contributed by atoms with Crippen molar-refractivity contribution < 1.29 is 9.53 Å². The molecule has 1 amide bonds. The van der Waals surface area contributed by atoms with Crippen LogP contribution in [0.25, 0.3) is 11.4 Å². The molecule has 7 heteroatoms. The SMILES string of the molecule is CCc1cc(C)c(C(=O)N2CCC(c3ccc(N)cc3)CC2)cc1-c1nnc(C2CCOC2)[nH]1. The molecule has 3 N–H and O–H groups in total. The molecule has 0 bridgehead atoms. The first kappa shape index (κ1) is 22.6. The number of nitrogens with zero attached hydrogens (tertiary/aromatic N) is 3. The number of aryl methyl sites for hydroxylation is 2. The van der Waals surface area contributed by atoms with Crippen LogP contribution in [0.15, 0.2) is 36.4 Å². The Kier molecular flexibility index (Phi) is 6.37. The summed E-state index contributed by atoms with van der Waals surface area (Å²) in [5.74, 6) is 2.43. The van der Waals surface area contributed by atoms with Gasteiger partial charge in [0.05, 0.1) is 6.61 Å². The van der Waals surface area contributed by atoms with Crippen LogP contribution in [0.1, 0.15) is 70.9 Å². The van der Waals surface area contributed by atoms with Crippen molar-refractivity contribution in [3.63, 3.8) is 0 Å². The van der Waals surface area contributed by atoms with Crippen LogP contribution in [0, 0.1) is 6.92 Å². The maximum atomic E-state index is 13.6. The van der Waals surface area contributed by atoms with Gasteiger partial charge in [0.1, 0.15) is 5.82 Å². The topological polar surface area (TPSA) is 97.1 Å². The van der Waals surface area contributed by atoms with Crippen molar-refractivity contribution in [2.24, 2.45) is 0 Å². The highest BCUT2D eigenvalue weighted by Gasteiger charge is 2.27. The lowest BCUT2D eigenvalue weighted by molar-refractivity contribution is 0.0712. The number of benzene rings is 2. The molecule has 1 atom stereocenters. The zero-order valence-corrected chi connectivity index (χ0v) is 20.0. The van der Waals surface area contributed by atoms with E-state index in [0.29, 0.717) is 12.5 Å². The Morgan fingerprint density at radius 1 is 1.12 bits per heavy atom. The minimum absolute atomic E-state index is 0.0982. The summed E-state index contributed by atoms with van der Waals surface area (Å²) in [6.45, 7) is 7.11. The number of H-pyrrole nitrogens is 1. The predicted octanol–water partition coefficient (Wildman–Crippen LogP) is 4.45. The van der Waals surface area contributed by atoms with Gasteiger partial charge in [0, 0.05) is 42.4 Å². The Bertz CT molecular complexity index is 1160. The molecule has 2 saturated heterocycles. The number of hydrogen-bond donors (Lipinski definition) is 2. The van der Waals surface area contributed by atoms with Crippen LogP contribution in [0.3, 0.4) is 0 Å². The van der Waals surface area contributed by atoms with Crippen molar-refractivity contribution in [2.45, 2.75) is 51.4 Å². The highest BCUT2D eigenvalue weighted by Crippen LogP contribution is 2.32. The van der Waals surface area contributed by atoms with Gasteiger partial charge < -0.3 is 20.4 Å². The Labute approximate surface area is 200 Å². The molecule has 2 aliphatic heterocycles. The molecule has 3 aromatic rings. The second kappa shape index (κ2) is 9.58. The smallest absolute Gasteiger partial charge is 0.254 e. The molecule has 2 aliphatic rings. The number of amides is 1. The second-order valence-electron chi connectivity index (χ2n) is 9.53. The lowest BCUT2D eigenvalue weighted by Crippen LogP contribution is -2.38. The fourth-order valence-corrected chi connectivity index (χ4v) is 5.20. The first-order valence-corrected chi connectivity index (χ1v) is 12.3. The first-order valence-electron chi connectivity index (χ1n) is 12.3. The van der Waals surface area contributed by atoms with Crippen LogP contribution < -0.4 is 5.73 Å². The first-order chi connectivity index (χ1) is 16.5. The largest absolute Gasteiger partial charge is 0.399 e. The van der Waals surface area contributed by atoms with E-state index in [1.54, 1.807) is 0 Å². The van der Waals surface area contributed by atoms with Gasteiger partial charge in [-0.15, -0.1) is 10.2 Å². The third kappa shape index (κ3) is 4.44. The van der Waals surface area contributed by atoms with E-state index in [9.17, 15) is 4.79 Å². The second-order valence-corrected chi connectivity index (χ2v) is 9.53. The van der Waals surface area contributed by atoms with E-state index >= 15 is 0 Å². The average molecular weight is 460 g/mol. The Hall–Kier alpha value is -3.19. The highest BCUT2D eigenvalue weighted by atomic mass is 16.5. The van der Waals surface area contributed by atoms with Crippen molar-refractivity contribution in [2.75, 3.05) is 32.0 Å². The Morgan fingerprint density at radius 3 is 2.56 bits per heavy atom. The van der Waals surface area contributed by atoms with Gasteiger partial charge in [-0.2, -0.15) is 0 Å². The molecule has 3 heterocycles. The molecule has 7 nitrogen and oxygen atoms in total. The molecule has 2 fully saturated rings. The summed E-state index contributed by atoms with van der Waals surface area (Å²) >= 11 is 0. The van der Waals surface area contributed by atoms with Gasteiger partial charge in [0.15, 0.2) is 5.82 Å². The number of carbonyl (C=O) groups is 1. The number of aromatic amines is 1. The Balaban J connectivity index is 1.35. The van der Waals surface area contributed by atoms with E-state index in [1.165, 1.54) is 11.1 Å². The zero-order chi connectivity index (χ0) is 23.7. The van der Waals surface area contributed by atoms with E-state index < -0.39 is 0 Å². The number of ether oxygens (including phenoxy) is 1. The summed E-state index contributed by atoms with van der Waals surface area (Å²) in [5.41, 5.74) is 11.8. The van der Waals surface area contributed by atoms with E-state index in [-0.39, 0.29) is 11.8 Å². The maximum absolute atomic E-state index is 13.6. The highest BCUT2D eigenvalue weighted by molar-refractivity contribution is 5.97. The fourth-order valence-electron chi connectivity index (χ4n) is 5.20. The quantitative estimate of drug-likeness (QED) is 0.550. The van der Waals surface area contributed by atoms with Crippen molar-refractivity contribution >= 4 is 11.6 Å². The van der Waals surface area contributed by atoms with E-state index in [4.69, 9.17) is 10.5 Å². The lowest BCUT2D eigenvalue weighted by Gasteiger charge is -2.33. The summed E-state index contributed by atoms with van der Waals surface area (Å²) in [7, 11) is 0. The van der Waals surface area contributed by atoms with E-state index in [1.807, 2.05) is 30.0 Å². The molecule has 0 saturated carbocycles. The zero-order valence-electron chi connectivity index (χ0n) is 20.0. The molecule has 0 radical (unpaired) electrons. The number of carbonyl (C=O) groups excluding carboxylic acids is 1. The molecule has 34 heavy (non-hydrogen) atoms. The van der Waals surface area contributed by atoms with Crippen molar-refractivity contribution in [3.05, 3.63) is 64.5 Å².